The van der Waals surface area contributed by atoms with Gasteiger partial charge in [-0.15, -0.1) is 0 Å². The molecule has 0 spiro atoms. The number of aryl methyl sites for hydroxylation is 3. The van der Waals surface area contributed by atoms with Crippen LogP contribution in [-0.2, 0) is 17.8 Å². The monoisotopic (exact) mass is 369 g/mol. The molecule has 0 aliphatic carbocycles. The number of pyridine rings is 1. The Bertz CT molecular complexity index is 933. The first kappa shape index (κ1) is 20.4. The van der Waals surface area contributed by atoms with Crippen molar-refractivity contribution in [3.05, 3.63) is 50.2 Å². The lowest BCUT2D eigenvalue weighted by Crippen LogP contribution is -2.30. The van der Waals surface area contributed by atoms with Crippen LogP contribution in [0.1, 0.15) is 47.1 Å². The van der Waals surface area contributed by atoms with Crippen LogP contribution in [0.5, 0.6) is 0 Å². The van der Waals surface area contributed by atoms with Gasteiger partial charge in [-0.1, -0.05) is 6.92 Å². The first-order valence-corrected chi connectivity index (χ1v) is 9.13. The summed E-state index contributed by atoms with van der Waals surface area (Å²) in [5.41, 5.74) is 4.08. The molecule has 1 amide bonds. The van der Waals surface area contributed by atoms with Crippen LogP contribution in [0.3, 0.4) is 0 Å². The first-order chi connectivity index (χ1) is 12.7. The lowest BCUT2D eigenvalue weighted by Gasteiger charge is -2.15. The minimum atomic E-state index is -0.376. The Morgan fingerprint density at radius 1 is 1.37 bits per heavy atom. The zero-order chi connectivity index (χ0) is 20.1. The number of H-pyrrole nitrogens is 1. The predicted molar refractivity (Wildman–Crippen MR) is 103 cm³/mol. The quantitative estimate of drug-likeness (QED) is 0.779. The summed E-state index contributed by atoms with van der Waals surface area (Å²) in [7, 11) is 0. The summed E-state index contributed by atoms with van der Waals surface area (Å²) >= 11 is 0. The number of nitrogens with zero attached hydrogens (tertiary/aromatic N) is 3. The van der Waals surface area contributed by atoms with Gasteiger partial charge >= 0.3 is 0 Å². The van der Waals surface area contributed by atoms with Crippen LogP contribution < -0.4 is 10.9 Å². The number of nitrogens with one attached hydrogen (secondary N) is 2. The van der Waals surface area contributed by atoms with Gasteiger partial charge in [0.2, 0.25) is 5.91 Å². The molecule has 2 heterocycles. The molecule has 0 aliphatic rings. The Kier molecular flexibility index (Phi) is 6.56. The van der Waals surface area contributed by atoms with Crippen molar-refractivity contribution in [3.63, 3.8) is 0 Å². The second kappa shape index (κ2) is 8.67. The van der Waals surface area contributed by atoms with Crippen molar-refractivity contribution in [1.29, 1.82) is 5.26 Å². The van der Waals surface area contributed by atoms with Gasteiger partial charge in [0.25, 0.3) is 5.56 Å². The molecule has 0 unspecified atom stereocenters. The van der Waals surface area contributed by atoms with Gasteiger partial charge in [0.05, 0.1) is 5.69 Å². The van der Waals surface area contributed by atoms with Gasteiger partial charge in [-0.25, -0.2) is 0 Å². The topological polar surface area (TPSA) is 104 Å². The van der Waals surface area contributed by atoms with Crippen LogP contribution in [-0.4, -0.2) is 27.2 Å². The van der Waals surface area contributed by atoms with Crippen molar-refractivity contribution < 1.29 is 4.79 Å². The smallest absolute Gasteiger partial charge is 0.266 e. The van der Waals surface area contributed by atoms with Gasteiger partial charge in [-0.3, -0.25) is 14.3 Å². The molecule has 2 N–H and O–H groups in total. The average Bonchev–Trinajstić information content (AvgIpc) is 2.90. The molecule has 7 heteroatoms. The number of aromatic nitrogens is 3. The summed E-state index contributed by atoms with van der Waals surface area (Å²) < 4.78 is 1.96. The van der Waals surface area contributed by atoms with Crippen molar-refractivity contribution in [3.8, 4) is 6.07 Å². The number of hydrogen-bond donors (Lipinski definition) is 2. The van der Waals surface area contributed by atoms with E-state index < -0.39 is 0 Å². The Morgan fingerprint density at radius 2 is 2.07 bits per heavy atom. The lowest BCUT2D eigenvalue weighted by molar-refractivity contribution is -0.121. The molecular formula is C20H27N5O2. The fourth-order valence-electron chi connectivity index (χ4n) is 3.25. The van der Waals surface area contributed by atoms with Crippen LogP contribution >= 0.6 is 0 Å². The molecule has 0 bridgehead atoms. The summed E-state index contributed by atoms with van der Waals surface area (Å²) in [5.74, 6) is 0.215. The number of amides is 1. The van der Waals surface area contributed by atoms with Crippen LogP contribution in [0.4, 0.5) is 0 Å². The number of rotatable bonds is 7. The lowest BCUT2D eigenvalue weighted by atomic mass is 9.99. The second-order valence-electron chi connectivity index (χ2n) is 7.19. The van der Waals surface area contributed by atoms with Crippen molar-refractivity contribution in [2.24, 2.45) is 5.92 Å². The third kappa shape index (κ3) is 5.07. The molecule has 0 saturated carbocycles. The number of hydrogen-bond acceptors (Lipinski definition) is 4. The Labute approximate surface area is 159 Å². The average molecular weight is 369 g/mol. The molecule has 2 aromatic rings. The maximum atomic E-state index is 12.2. The third-order valence-corrected chi connectivity index (χ3v) is 4.76. The first-order valence-electron chi connectivity index (χ1n) is 9.13. The van der Waals surface area contributed by atoms with Crippen LogP contribution in [0.15, 0.2) is 10.9 Å². The number of nitriles is 1. The zero-order valence-electron chi connectivity index (χ0n) is 16.6. The predicted octanol–water partition coefficient (Wildman–Crippen LogP) is 2.06. The highest BCUT2D eigenvalue weighted by molar-refractivity contribution is 5.76. The second-order valence-corrected chi connectivity index (χ2v) is 7.19. The molecule has 144 valence electrons. The SMILES string of the molecule is Cc1cc(C)n(C[C@@H](C)CNC(=O)CCc2c(C)[nH]c(=O)c(C#N)c2C)n1. The largest absolute Gasteiger partial charge is 0.356 e. The van der Waals surface area contributed by atoms with Gasteiger partial charge in [0, 0.05) is 30.9 Å². The van der Waals surface area contributed by atoms with Crippen LogP contribution in [0.2, 0.25) is 0 Å². The Balaban J connectivity index is 1.89. The summed E-state index contributed by atoms with van der Waals surface area (Å²) in [5, 5.41) is 16.5. The van der Waals surface area contributed by atoms with E-state index in [4.69, 9.17) is 5.26 Å². The molecule has 7 nitrogen and oxygen atoms in total. The number of aromatic amines is 1. The molecule has 0 radical (unpaired) electrons. The van der Waals surface area contributed by atoms with Gasteiger partial charge in [-0.05, 0) is 57.2 Å². The van der Waals surface area contributed by atoms with E-state index in [2.05, 4.69) is 22.3 Å². The number of carbonyl (C=O) groups is 1. The van der Waals surface area contributed by atoms with E-state index in [1.54, 1.807) is 13.8 Å². The van der Waals surface area contributed by atoms with Crippen molar-refractivity contribution >= 4 is 5.91 Å². The van der Waals surface area contributed by atoms with E-state index in [1.807, 2.05) is 30.7 Å². The fourth-order valence-corrected chi connectivity index (χ4v) is 3.25. The molecule has 2 rings (SSSR count). The highest BCUT2D eigenvalue weighted by atomic mass is 16.1. The van der Waals surface area contributed by atoms with E-state index in [0.717, 1.165) is 23.5 Å². The minimum absolute atomic E-state index is 0.0428. The van der Waals surface area contributed by atoms with Gasteiger partial charge in [0.1, 0.15) is 11.6 Å². The van der Waals surface area contributed by atoms with Crippen LogP contribution in [0, 0.1) is 44.9 Å². The highest BCUT2D eigenvalue weighted by Crippen LogP contribution is 2.15. The Hall–Kier alpha value is -2.88. The summed E-state index contributed by atoms with van der Waals surface area (Å²) in [6.45, 7) is 10.9. The summed E-state index contributed by atoms with van der Waals surface area (Å²) in [6.07, 6.45) is 0.798. The summed E-state index contributed by atoms with van der Waals surface area (Å²) in [4.78, 5) is 26.7. The van der Waals surface area contributed by atoms with E-state index >= 15 is 0 Å². The molecule has 0 fully saturated rings. The van der Waals surface area contributed by atoms with Crippen molar-refractivity contribution in [2.45, 2.75) is 54.0 Å². The molecule has 0 aromatic carbocycles. The molecule has 27 heavy (non-hydrogen) atoms. The van der Waals surface area contributed by atoms with E-state index in [1.165, 1.54) is 0 Å². The van der Waals surface area contributed by atoms with Crippen molar-refractivity contribution in [1.82, 2.24) is 20.1 Å². The molecule has 1 atom stereocenters. The minimum Gasteiger partial charge on any atom is -0.356 e. The van der Waals surface area contributed by atoms with E-state index in [0.29, 0.717) is 30.6 Å². The number of carbonyl (C=O) groups excluding carboxylic acids is 1. The molecule has 0 aliphatic heterocycles. The van der Waals surface area contributed by atoms with Crippen molar-refractivity contribution in [2.75, 3.05) is 6.54 Å². The van der Waals surface area contributed by atoms with E-state index in [9.17, 15) is 9.59 Å². The normalized spacial score (nSPS) is 11.9. The summed E-state index contributed by atoms with van der Waals surface area (Å²) in [6, 6.07) is 3.97. The maximum Gasteiger partial charge on any atom is 0.266 e. The maximum absolute atomic E-state index is 12.2. The van der Waals surface area contributed by atoms with Crippen LogP contribution in [0.25, 0.3) is 0 Å². The fraction of sp³-hybridized carbons (Fsp3) is 0.500. The van der Waals surface area contributed by atoms with Gasteiger partial charge in [-0.2, -0.15) is 10.4 Å². The molecule has 0 saturated heterocycles. The molecule has 2 aromatic heterocycles. The Morgan fingerprint density at radius 3 is 2.67 bits per heavy atom. The van der Waals surface area contributed by atoms with Gasteiger partial charge < -0.3 is 10.3 Å². The highest BCUT2D eigenvalue weighted by Gasteiger charge is 2.14. The zero-order valence-corrected chi connectivity index (χ0v) is 16.6. The molecular weight excluding hydrogens is 342 g/mol. The third-order valence-electron chi connectivity index (χ3n) is 4.76. The standard InChI is InChI=1S/C20H27N5O2/c1-12(11-25-14(3)8-13(2)24-25)10-22-19(26)7-6-17-15(4)18(9-21)20(27)23-16(17)5/h8,12H,6-7,10-11H2,1-5H3,(H,22,26)(H,23,27)/t12-/m0/s1. The van der Waals surface area contributed by atoms with E-state index in [-0.39, 0.29) is 22.9 Å². The van der Waals surface area contributed by atoms with Gasteiger partial charge in [0.15, 0.2) is 0 Å².